The maximum atomic E-state index is 13.0. The molecule has 0 aliphatic carbocycles. The zero-order valence-corrected chi connectivity index (χ0v) is 9.61. The topological polar surface area (TPSA) is 54.4 Å². The molecule has 0 heterocycles. The molecule has 70 valence electrons. The van der Waals surface area contributed by atoms with E-state index in [0.717, 1.165) is 0 Å². The second-order valence-electron chi connectivity index (χ2n) is 2.44. The van der Waals surface area contributed by atoms with Crippen LogP contribution in [0.25, 0.3) is 0 Å². The van der Waals surface area contributed by atoms with E-state index in [1.54, 1.807) is 6.07 Å². The predicted octanol–water partition coefficient (Wildman–Crippen LogP) is -1.53. The van der Waals surface area contributed by atoms with Gasteiger partial charge >= 0.3 is 35.5 Å². The summed E-state index contributed by atoms with van der Waals surface area (Å²) in [6.45, 7) is 0. The summed E-state index contributed by atoms with van der Waals surface area (Å²) in [6.07, 6.45) is -2.07. The molecule has 5 heteroatoms. The van der Waals surface area contributed by atoms with Crippen LogP contribution < -0.4 is 29.6 Å². The van der Waals surface area contributed by atoms with E-state index >= 15 is 0 Å². The van der Waals surface area contributed by atoms with Gasteiger partial charge in [-0.05, 0) is 5.56 Å². The van der Waals surface area contributed by atoms with Crippen molar-refractivity contribution in [3.63, 3.8) is 0 Å². The fraction of sp³-hybridized carbons (Fsp3) is 0.111. The monoisotopic (exact) mass is 206 g/mol. The number of carbonyl (C=O) groups is 2. The van der Waals surface area contributed by atoms with Crippen LogP contribution in [-0.2, 0) is 9.59 Å². The summed E-state index contributed by atoms with van der Waals surface area (Å²) < 4.78 is 13.0. The van der Waals surface area contributed by atoms with Crippen molar-refractivity contribution in [1.29, 1.82) is 0 Å². The fourth-order valence-electron chi connectivity index (χ4n) is 0.882. The number of carboxylic acid groups (broad SMARTS) is 1. The Morgan fingerprint density at radius 1 is 1.29 bits per heavy atom. The fourth-order valence-corrected chi connectivity index (χ4v) is 0.882. The molecule has 0 aliphatic rings. The van der Waals surface area contributed by atoms with Gasteiger partial charge in [0.2, 0.25) is 0 Å². The Hall–Kier alpha value is -0.710. The van der Waals surface area contributed by atoms with Gasteiger partial charge in [0.15, 0.2) is 6.17 Å². The summed E-state index contributed by atoms with van der Waals surface area (Å²) in [5, 5.41) is 8.22. The minimum atomic E-state index is -2.07. The third kappa shape index (κ3) is 3.21. The smallest absolute Gasteiger partial charge is 1.00 e. The van der Waals surface area contributed by atoms with Gasteiger partial charge in [0.1, 0.15) is 0 Å². The Kier molecular flexibility index (Phi) is 5.60. The van der Waals surface area contributed by atoms with Crippen LogP contribution >= 0.6 is 0 Å². The zero-order chi connectivity index (χ0) is 9.84. The van der Waals surface area contributed by atoms with Crippen LogP contribution in [0.3, 0.4) is 0 Å². The van der Waals surface area contributed by atoms with Gasteiger partial charge < -0.3 is 6.53 Å². The molecule has 1 aromatic rings. The summed E-state index contributed by atoms with van der Waals surface area (Å²) in [5.41, 5.74) is 0.0647. The number of halogens is 1. The van der Waals surface area contributed by atoms with Crippen LogP contribution in [0.15, 0.2) is 30.3 Å². The molecular weight excluding hydrogens is 198 g/mol. The normalized spacial score (nSPS) is 11.2. The number of benzene rings is 1. The quantitative estimate of drug-likeness (QED) is 0.482. The first-order valence-corrected chi connectivity index (χ1v) is 3.59. The van der Waals surface area contributed by atoms with E-state index in [-0.39, 0.29) is 36.5 Å². The third-order valence-electron chi connectivity index (χ3n) is 1.53. The van der Waals surface area contributed by atoms with Crippen LogP contribution in [0.5, 0.6) is 0 Å². The number of hydrogen-bond acceptors (Lipinski definition) is 2. The molecule has 0 amide bonds. The second kappa shape index (κ2) is 5.90. The van der Waals surface area contributed by atoms with E-state index < -0.39 is 17.9 Å². The van der Waals surface area contributed by atoms with E-state index in [1.165, 1.54) is 24.3 Å². The first kappa shape index (κ1) is 13.3. The Morgan fingerprint density at radius 2 is 1.79 bits per heavy atom. The Balaban J connectivity index is 0. The van der Waals surface area contributed by atoms with Crippen molar-refractivity contribution in [2.24, 2.45) is 0 Å². The molecule has 1 rings (SSSR count). The van der Waals surface area contributed by atoms with E-state index in [2.05, 4.69) is 0 Å². The van der Waals surface area contributed by atoms with Crippen LogP contribution in [0.1, 0.15) is 13.2 Å². The molecule has 0 saturated heterocycles. The van der Waals surface area contributed by atoms with Gasteiger partial charge in [-0.1, -0.05) is 30.3 Å². The van der Waals surface area contributed by atoms with Crippen LogP contribution in [-0.4, -0.2) is 16.9 Å². The summed E-state index contributed by atoms with van der Waals surface area (Å²) >= 11 is 0. The van der Waals surface area contributed by atoms with Crippen molar-refractivity contribution in [2.45, 2.75) is 6.17 Å². The number of carboxylic acids is 1. The molecule has 0 fully saturated rings. The second-order valence-corrected chi connectivity index (χ2v) is 2.44. The maximum Gasteiger partial charge on any atom is 1.00 e. The average molecular weight is 206 g/mol. The van der Waals surface area contributed by atoms with Crippen LogP contribution in [0, 0.1) is 0 Å². The first-order chi connectivity index (χ1) is 6.13. The number of rotatable bonds is 3. The van der Waals surface area contributed by atoms with Gasteiger partial charge in [-0.25, -0.2) is 9.18 Å². The number of Topliss-reactive ketones (excluding diaryl/α,β-unsaturated/α-hetero) is 1. The molecular formula is C9H8FNaO3. The van der Waals surface area contributed by atoms with Crippen LogP contribution in [0.2, 0.25) is 0 Å². The molecule has 1 unspecified atom stereocenters. The molecule has 0 aliphatic heterocycles. The van der Waals surface area contributed by atoms with Gasteiger partial charge in [-0.15, -0.1) is 0 Å². The molecule has 0 radical (unpaired) electrons. The minimum Gasteiger partial charge on any atom is -1.00 e. The summed E-state index contributed by atoms with van der Waals surface area (Å²) in [6, 6.07) is 7.46. The summed E-state index contributed by atoms with van der Waals surface area (Å²) in [5.74, 6) is -3.19. The van der Waals surface area contributed by atoms with Crippen molar-refractivity contribution in [3.8, 4) is 0 Å². The standard InChI is InChI=1S/C9H7FO3.Na.H/c10-7(8(11)9(12)13)6-4-2-1-3-5-6;;/h1-5,7H,(H,12,13);;/q;+1;-1. The Morgan fingerprint density at radius 3 is 2.21 bits per heavy atom. The minimum absolute atomic E-state index is 0. The van der Waals surface area contributed by atoms with Gasteiger partial charge in [-0.2, -0.15) is 0 Å². The largest absolute Gasteiger partial charge is 1.00 e. The Labute approximate surface area is 104 Å². The molecule has 0 saturated carbocycles. The van der Waals surface area contributed by atoms with E-state index in [9.17, 15) is 14.0 Å². The van der Waals surface area contributed by atoms with Crippen molar-refractivity contribution < 1.29 is 50.1 Å². The van der Waals surface area contributed by atoms with E-state index in [0.29, 0.717) is 0 Å². The predicted molar refractivity (Wildman–Crippen MR) is 44.0 cm³/mol. The van der Waals surface area contributed by atoms with Gasteiger partial charge in [0.05, 0.1) is 0 Å². The number of ketones is 1. The van der Waals surface area contributed by atoms with Gasteiger partial charge in [0, 0.05) is 0 Å². The van der Waals surface area contributed by atoms with Gasteiger partial charge in [-0.3, -0.25) is 4.79 Å². The zero-order valence-electron chi connectivity index (χ0n) is 8.61. The van der Waals surface area contributed by atoms with Crippen molar-refractivity contribution in [2.75, 3.05) is 0 Å². The number of carbonyl (C=O) groups excluding carboxylic acids is 1. The summed E-state index contributed by atoms with van der Waals surface area (Å²) in [7, 11) is 0. The van der Waals surface area contributed by atoms with Gasteiger partial charge in [0.25, 0.3) is 5.78 Å². The van der Waals surface area contributed by atoms with Crippen molar-refractivity contribution in [1.82, 2.24) is 0 Å². The van der Waals surface area contributed by atoms with Crippen LogP contribution in [0.4, 0.5) is 4.39 Å². The molecule has 1 N–H and O–H groups in total. The summed E-state index contributed by atoms with van der Waals surface area (Å²) in [4.78, 5) is 20.8. The SMILES string of the molecule is O=C(O)C(=O)C(F)c1ccccc1.[H-].[Na+]. The first-order valence-electron chi connectivity index (χ1n) is 3.59. The molecule has 14 heavy (non-hydrogen) atoms. The van der Waals surface area contributed by atoms with Crippen molar-refractivity contribution in [3.05, 3.63) is 35.9 Å². The molecule has 0 aromatic heterocycles. The molecule has 0 bridgehead atoms. The molecule has 3 nitrogen and oxygen atoms in total. The average Bonchev–Trinajstić information content (AvgIpc) is 2.17. The number of alkyl halides is 1. The Bertz CT molecular complexity index is 331. The maximum absolute atomic E-state index is 13.0. The number of hydrogen-bond donors (Lipinski definition) is 1. The molecule has 1 atom stereocenters. The number of aliphatic carboxylic acids is 1. The van der Waals surface area contributed by atoms with E-state index in [1.807, 2.05) is 0 Å². The third-order valence-corrected chi connectivity index (χ3v) is 1.53. The van der Waals surface area contributed by atoms with E-state index in [4.69, 9.17) is 5.11 Å². The molecule has 1 aromatic carbocycles. The van der Waals surface area contributed by atoms with Crippen molar-refractivity contribution >= 4 is 11.8 Å². The molecule has 0 spiro atoms.